The van der Waals surface area contributed by atoms with Gasteiger partial charge in [-0.3, -0.25) is 4.57 Å². The minimum atomic E-state index is 0.385. The number of aryl methyl sites for hydroxylation is 1. The standard InChI is InChI=1S/C20H21N3OS/c1-3-12-23-19(14-24-18-10-5-4-6-11-18)21-22-20(23)25-15-17-9-7-8-16(2)13-17/h3-11,13H,1,12,14-15H2,2H3. The van der Waals surface area contributed by atoms with Crippen LogP contribution in [0.25, 0.3) is 0 Å². The molecule has 0 atom stereocenters. The third-order valence-electron chi connectivity index (χ3n) is 3.67. The van der Waals surface area contributed by atoms with Crippen LogP contribution in [-0.4, -0.2) is 14.8 Å². The van der Waals surface area contributed by atoms with E-state index in [-0.39, 0.29) is 0 Å². The van der Waals surface area contributed by atoms with Crippen molar-refractivity contribution in [1.82, 2.24) is 14.8 Å². The molecule has 4 nitrogen and oxygen atoms in total. The Morgan fingerprint density at radius 3 is 2.72 bits per heavy atom. The Bertz CT molecular complexity index is 830. The van der Waals surface area contributed by atoms with E-state index in [1.54, 1.807) is 11.8 Å². The number of benzene rings is 2. The van der Waals surface area contributed by atoms with E-state index in [9.17, 15) is 0 Å². The summed E-state index contributed by atoms with van der Waals surface area (Å²) >= 11 is 1.68. The van der Waals surface area contributed by atoms with Gasteiger partial charge in [0.2, 0.25) is 0 Å². The van der Waals surface area contributed by atoms with E-state index in [4.69, 9.17) is 4.74 Å². The minimum Gasteiger partial charge on any atom is -0.486 e. The summed E-state index contributed by atoms with van der Waals surface area (Å²) in [5.74, 6) is 2.48. The summed E-state index contributed by atoms with van der Waals surface area (Å²) in [5, 5.41) is 9.51. The topological polar surface area (TPSA) is 39.9 Å². The first kappa shape index (κ1) is 17.3. The van der Waals surface area contributed by atoms with Gasteiger partial charge in [-0.15, -0.1) is 16.8 Å². The molecule has 0 bridgehead atoms. The molecule has 0 saturated carbocycles. The second-order valence-electron chi connectivity index (χ2n) is 5.68. The van der Waals surface area contributed by atoms with Crippen LogP contribution in [0.4, 0.5) is 0 Å². The van der Waals surface area contributed by atoms with Crippen LogP contribution in [0.5, 0.6) is 5.75 Å². The quantitative estimate of drug-likeness (QED) is 0.438. The normalized spacial score (nSPS) is 10.6. The van der Waals surface area contributed by atoms with Gasteiger partial charge in [0, 0.05) is 12.3 Å². The van der Waals surface area contributed by atoms with Crippen LogP contribution in [0.15, 0.2) is 72.4 Å². The van der Waals surface area contributed by atoms with Gasteiger partial charge in [-0.05, 0) is 24.6 Å². The molecule has 0 saturated heterocycles. The van der Waals surface area contributed by atoms with Gasteiger partial charge >= 0.3 is 0 Å². The van der Waals surface area contributed by atoms with E-state index < -0.39 is 0 Å². The number of allylic oxidation sites excluding steroid dienone is 1. The van der Waals surface area contributed by atoms with Crippen molar-refractivity contribution in [3.8, 4) is 5.75 Å². The Labute approximate surface area is 152 Å². The predicted octanol–water partition coefficient (Wildman–Crippen LogP) is 4.64. The summed E-state index contributed by atoms with van der Waals surface area (Å²) in [7, 11) is 0. The molecule has 1 aromatic heterocycles. The summed E-state index contributed by atoms with van der Waals surface area (Å²) in [6.45, 7) is 6.99. The fourth-order valence-corrected chi connectivity index (χ4v) is 3.37. The number of para-hydroxylation sites is 1. The molecule has 0 fully saturated rings. The van der Waals surface area contributed by atoms with Gasteiger partial charge in [-0.1, -0.05) is 65.9 Å². The van der Waals surface area contributed by atoms with E-state index in [0.717, 1.165) is 22.5 Å². The molecule has 3 rings (SSSR count). The zero-order valence-electron chi connectivity index (χ0n) is 14.3. The largest absolute Gasteiger partial charge is 0.486 e. The molecule has 0 aliphatic carbocycles. The summed E-state index contributed by atoms with van der Waals surface area (Å²) in [5.41, 5.74) is 2.54. The van der Waals surface area contributed by atoms with Gasteiger partial charge in [0.05, 0.1) is 0 Å². The molecule has 2 aromatic carbocycles. The lowest BCUT2D eigenvalue weighted by Gasteiger charge is -2.09. The van der Waals surface area contributed by atoms with Gasteiger partial charge in [0.1, 0.15) is 12.4 Å². The van der Waals surface area contributed by atoms with E-state index in [1.807, 2.05) is 36.4 Å². The maximum Gasteiger partial charge on any atom is 0.191 e. The first-order valence-electron chi connectivity index (χ1n) is 8.15. The summed E-state index contributed by atoms with van der Waals surface area (Å²) in [6.07, 6.45) is 1.85. The molecular weight excluding hydrogens is 330 g/mol. The van der Waals surface area contributed by atoms with Crippen LogP contribution in [-0.2, 0) is 18.9 Å². The van der Waals surface area contributed by atoms with Crippen molar-refractivity contribution in [1.29, 1.82) is 0 Å². The molecule has 0 amide bonds. The number of thioether (sulfide) groups is 1. The van der Waals surface area contributed by atoms with Crippen LogP contribution >= 0.6 is 11.8 Å². The summed E-state index contributed by atoms with van der Waals surface area (Å²) in [4.78, 5) is 0. The molecular formula is C20H21N3OS. The van der Waals surface area contributed by atoms with Crippen LogP contribution in [0.2, 0.25) is 0 Å². The molecule has 5 heteroatoms. The number of rotatable bonds is 8. The van der Waals surface area contributed by atoms with Gasteiger partial charge in [0.25, 0.3) is 0 Å². The second-order valence-corrected chi connectivity index (χ2v) is 6.62. The molecule has 0 unspecified atom stereocenters. The monoisotopic (exact) mass is 351 g/mol. The Hall–Kier alpha value is -2.53. The van der Waals surface area contributed by atoms with E-state index in [0.29, 0.717) is 13.2 Å². The SMILES string of the molecule is C=CCn1c(COc2ccccc2)nnc1SCc1cccc(C)c1. The number of hydrogen-bond acceptors (Lipinski definition) is 4. The Kier molecular flexibility index (Phi) is 5.90. The highest BCUT2D eigenvalue weighted by molar-refractivity contribution is 7.98. The highest BCUT2D eigenvalue weighted by Gasteiger charge is 2.12. The number of aromatic nitrogens is 3. The first-order valence-corrected chi connectivity index (χ1v) is 9.14. The fraction of sp³-hybridized carbons (Fsp3) is 0.200. The summed E-state index contributed by atoms with van der Waals surface area (Å²) < 4.78 is 7.86. The van der Waals surface area contributed by atoms with Crippen LogP contribution in [0.3, 0.4) is 0 Å². The van der Waals surface area contributed by atoms with Crippen LogP contribution < -0.4 is 4.74 Å². The zero-order chi connectivity index (χ0) is 17.5. The maximum absolute atomic E-state index is 5.80. The number of hydrogen-bond donors (Lipinski definition) is 0. The first-order chi connectivity index (χ1) is 12.3. The van der Waals surface area contributed by atoms with Crippen molar-refractivity contribution < 1.29 is 4.74 Å². The van der Waals surface area contributed by atoms with Crippen molar-refractivity contribution in [2.45, 2.75) is 31.0 Å². The Morgan fingerprint density at radius 1 is 1.12 bits per heavy atom. The molecule has 1 heterocycles. The molecule has 0 aliphatic heterocycles. The van der Waals surface area contributed by atoms with Gasteiger partial charge in [-0.25, -0.2) is 0 Å². The Morgan fingerprint density at radius 2 is 1.96 bits per heavy atom. The molecule has 0 N–H and O–H groups in total. The summed E-state index contributed by atoms with van der Waals surface area (Å²) in [6, 6.07) is 18.2. The Balaban J connectivity index is 1.69. The zero-order valence-corrected chi connectivity index (χ0v) is 15.1. The number of ether oxygens (including phenoxy) is 1. The third-order valence-corrected chi connectivity index (χ3v) is 4.70. The van der Waals surface area contributed by atoms with Crippen molar-refractivity contribution in [2.24, 2.45) is 0 Å². The van der Waals surface area contributed by atoms with Gasteiger partial charge in [0.15, 0.2) is 11.0 Å². The van der Waals surface area contributed by atoms with Crippen LogP contribution in [0.1, 0.15) is 17.0 Å². The molecule has 0 aliphatic rings. The average molecular weight is 351 g/mol. The fourth-order valence-electron chi connectivity index (χ4n) is 2.46. The maximum atomic E-state index is 5.80. The lowest BCUT2D eigenvalue weighted by Crippen LogP contribution is -2.07. The van der Waals surface area contributed by atoms with Gasteiger partial charge < -0.3 is 4.74 Å². The highest BCUT2D eigenvalue weighted by atomic mass is 32.2. The number of nitrogens with zero attached hydrogens (tertiary/aromatic N) is 3. The third kappa shape index (κ3) is 4.73. The molecule has 0 spiro atoms. The van der Waals surface area contributed by atoms with Crippen molar-refractivity contribution >= 4 is 11.8 Å². The molecule has 3 aromatic rings. The molecule has 25 heavy (non-hydrogen) atoms. The van der Waals surface area contributed by atoms with E-state index >= 15 is 0 Å². The van der Waals surface area contributed by atoms with Crippen LogP contribution in [0, 0.1) is 6.92 Å². The molecule has 0 radical (unpaired) electrons. The predicted molar refractivity (Wildman–Crippen MR) is 102 cm³/mol. The minimum absolute atomic E-state index is 0.385. The highest BCUT2D eigenvalue weighted by Crippen LogP contribution is 2.23. The van der Waals surface area contributed by atoms with Crippen molar-refractivity contribution in [3.05, 3.63) is 84.2 Å². The smallest absolute Gasteiger partial charge is 0.191 e. The van der Waals surface area contributed by atoms with E-state index in [2.05, 4.69) is 52.5 Å². The van der Waals surface area contributed by atoms with Crippen molar-refractivity contribution in [2.75, 3.05) is 0 Å². The lowest BCUT2D eigenvalue weighted by atomic mass is 10.2. The molecule has 128 valence electrons. The van der Waals surface area contributed by atoms with Crippen molar-refractivity contribution in [3.63, 3.8) is 0 Å². The lowest BCUT2D eigenvalue weighted by molar-refractivity contribution is 0.289. The van der Waals surface area contributed by atoms with Gasteiger partial charge in [-0.2, -0.15) is 0 Å². The average Bonchev–Trinajstić information content (AvgIpc) is 3.01. The van der Waals surface area contributed by atoms with E-state index in [1.165, 1.54) is 11.1 Å². The second kappa shape index (κ2) is 8.53.